The van der Waals surface area contributed by atoms with Crippen molar-refractivity contribution in [2.45, 2.75) is 0 Å². The molecule has 8 heteroatoms. The van der Waals surface area contributed by atoms with Crippen LogP contribution in [0.2, 0.25) is 0 Å². The molecule has 0 bridgehead atoms. The van der Waals surface area contributed by atoms with E-state index in [4.69, 9.17) is 9.47 Å². The second kappa shape index (κ2) is 6.77. The maximum Gasteiger partial charge on any atom is 0.417 e. The van der Waals surface area contributed by atoms with Gasteiger partial charge in [0.05, 0.1) is 7.11 Å². The summed E-state index contributed by atoms with van der Waals surface area (Å²) in [6.07, 6.45) is -0.605. The maximum atomic E-state index is 12.1. The molecule has 0 atom stereocenters. The monoisotopic (exact) mass is 334 g/mol. The molecule has 1 aromatic rings. The van der Waals surface area contributed by atoms with E-state index in [1.54, 1.807) is 36.3 Å². The summed E-state index contributed by atoms with van der Waals surface area (Å²) in [6, 6.07) is 7.03. The molecule has 128 valence electrons. The van der Waals surface area contributed by atoms with E-state index in [1.807, 2.05) is 0 Å². The van der Waals surface area contributed by atoms with Crippen LogP contribution in [0.4, 0.5) is 4.79 Å². The minimum Gasteiger partial charge on any atom is -0.497 e. The first kappa shape index (κ1) is 16.1. The number of nitrogens with zero attached hydrogens (tertiary/aromatic N) is 2. The molecule has 0 aromatic heterocycles. The Kier molecular flexibility index (Phi) is 4.54. The van der Waals surface area contributed by atoms with Gasteiger partial charge in [-0.25, -0.2) is 9.69 Å². The van der Waals surface area contributed by atoms with Crippen LogP contribution in [-0.2, 0) is 14.3 Å². The molecular formula is C16H18N2O6. The van der Waals surface area contributed by atoms with Crippen LogP contribution in [-0.4, -0.2) is 67.7 Å². The fourth-order valence-corrected chi connectivity index (χ4v) is 2.63. The number of hydrogen-bond acceptors (Lipinski definition) is 6. The smallest absolute Gasteiger partial charge is 0.417 e. The average molecular weight is 334 g/mol. The highest BCUT2D eigenvalue weighted by Gasteiger charge is 2.38. The third kappa shape index (κ3) is 3.42. The second-order valence-electron chi connectivity index (χ2n) is 5.69. The predicted octanol–water partition coefficient (Wildman–Crippen LogP) is 0.511. The summed E-state index contributed by atoms with van der Waals surface area (Å²) in [7, 11) is 1.56. The van der Waals surface area contributed by atoms with E-state index in [9.17, 15) is 14.4 Å². The van der Waals surface area contributed by atoms with Crippen molar-refractivity contribution in [2.75, 3.05) is 40.0 Å². The van der Waals surface area contributed by atoms with E-state index in [2.05, 4.69) is 4.74 Å². The molecule has 3 rings (SSSR count). The molecular weight excluding hydrogens is 316 g/mol. The van der Waals surface area contributed by atoms with Crippen molar-refractivity contribution in [1.82, 2.24) is 9.80 Å². The summed E-state index contributed by atoms with van der Waals surface area (Å²) in [5, 5.41) is 0. The van der Waals surface area contributed by atoms with Gasteiger partial charge in [-0.15, -0.1) is 0 Å². The lowest BCUT2D eigenvalue weighted by Crippen LogP contribution is -2.55. The molecule has 24 heavy (non-hydrogen) atoms. The van der Waals surface area contributed by atoms with Gasteiger partial charge in [-0.3, -0.25) is 9.59 Å². The Balaban J connectivity index is 1.41. The third-order valence-corrected chi connectivity index (χ3v) is 3.99. The van der Waals surface area contributed by atoms with Gasteiger partial charge in [0.25, 0.3) is 11.8 Å². The number of ether oxygens (including phenoxy) is 3. The number of rotatable bonds is 6. The largest absolute Gasteiger partial charge is 0.497 e. The van der Waals surface area contributed by atoms with Crippen LogP contribution in [0.1, 0.15) is 0 Å². The van der Waals surface area contributed by atoms with Crippen LogP contribution in [0.3, 0.4) is 0 Å². The third-order valence-electron chi connectivity index (χ3n) is 3.99. The molecule has 0 unspecified atom stereocenters. The van der Waals surface area contributed by atoms with Gasteiger partial charge < -0.3 is 19.1 Å². The van der Waals surface area contributed by atoms with E-state index >= 15 is 0 Å². The fourth-order valence-electron chi connectivity index (χ4n) is 2.63. The summed E-state index contributed by atoms with van der Waals surface area (Å²) < 4.78 is 15.2. The zero-order valence-electron chi connectivity index (χ0n) is 13.3. The van der Waals surface area contributed by atoms with Gasteiger partial charge in [0.15, 0.2) is 13.2 Å². The number of amides is 3. The quantitative estimate of drug-likeness (QED) is 0.754. The molecule has 8 nitrogen and oxygen atoms in total. The molecule has 0 spiro atoms. The van der Waals surface area contributed by atoms with E-state index in [0.717, 1.165) is 4.90 Å². The maximum absolute atomic E-state index is 12.1. The molecule has 2 aliphatic rings. The lowest BCUT2D eigenvalue weighted by molar-refractivity contribution is -0.140. The highest BCUT2D eigenvalue weighted by Crippen LogP contribution is 2.21. The summed E-state index contributed by atoms with van der Waals surface area (Å²) in [5.74, 6) is 0.840. The van der Waals surface area contributed by atoms with Crippen molar-refractivity contribution < 1.29 is 28.6 Å². The van der Waals surface area contributed by atoms with Gasteiger partial charge in [-0.05, 0) is 12.1 Å². The Morgan fingerprint density at radius 1 is 1.29 bits per heavy atom. The summed E-state index contributed by atoms with van der Waals surface area (Å²) in [5.41, 5.74) is 0. The van der Waals surface area contributed by atoms with Crippen molar-refractivity contribution in [3.05, 3.63) is 24.3 Å². The average Bonchev–Trinajstić information content (AvgIpc) is 2.87. The number of imide groups is 1. The van der Waals surface area contributed by atoms with Crippen LogP contribution in [0.25, 0.3) is 0 Å². The van der Waals surface area contributed by atoms with Crippen molar-refractivity contribution in [3.8, 4) is 11.5 Å². The molecule has 3 amide bonds. The Bertz CT molecular complexity index is 640. The van der Waals surface area contributed by atoms with Crippen molar-refractivity contribution in [2.24, 2.45) is 5.92 Å². The number of benzene rings is 1. The lowest BCUT2D eigenvalue weighted by Gasteiger charge is -2.40. The van der Waals surface area contributed by atoms with E-state index in [1.165, 1.54) is 0 Å². The number of carbonyl (C=O) groups excluding carboxylic acids is 3. The Morgan fingerprint density at radius 3 is 2.71 bits per heavy atom. The standard InChI is InChI=1S/C16H18N2O6/c1-22-12-3-2-4-13(5-12)23-9-14(19)17-6-11(7-17)8-18-15(20)10-24-16(18)21/h2-5,11H,6-10H2,1H3. The van der Waals surface area contributed by atoms with Gasteiger partial charge in [-0.1, -0.05) is 6.07 Å². The highest BCUT2D eigenvalue weighted by atomic mass is 16.6. The first-order valence-electron chi connectivity index (χ1n) is 7.58. The second-order valence-corrected chi connectivity index (χ2v) is 5.69. The van der Waals surface area contributed by atoms with E-state index < -0.39 is 6.09 Å². The Morgan fingerprint density at radius 2 is 2.04 bits per heavy atom. The summed E-state index contributed by atoms with van der Waals surface area (Å²) >= 11 is 0. The number of likely N-dealkylation sites (tertiary alicyclic amines) is 1. The number of carbonyl (C=O) groups is 3. The first-order chi connectivity index (χ1) is 11.6. The van der Waals surface area contributed by atoms with E-state index in [-0.39, 0.29) is 37.5 Å². The Labute approximate surface area is 138 Å². The zero-order valence-corrected chi connectivity index (χ0v) is 13.3. The van der Waals surface area contributed by atoms with Crippen LogP contribution in [0.15, 0.2) is 24.3 Å². The summed E-state index contributed by atoms with van der Waals surface area (Å²) in [4.78, 5) is 37.6. The lowest BCUT2D eigenvalue weighted by atomic mass is 9.99. The molecule has 2 fully saturated rings. The van der Waals surface area contributed by atoms with Gasteiger partial charge in [0.1, 0.15) is 11.5 Å². The fraction of sp³-hybridized carbons (Fsp3) is 0.438. The van der Waals surface area contributed by atoms with Gasteiger partial charge in [-0.2, -0.15) is 0 Å². The minimum absolute atomic E-state index is 0.0649. The van der Waals surface area contributed by atoms with Crippen LogP contribution in [0, 0.1) is 5.92 Å². The van der Waals surface area contributed by atoms with Gasteiger partial charge in [0, 0.05) is 31.6 Å². The molecule has 0 N–H and O–H groups in total. The zero-order chi connectivity index (χ0) is 17.1. The normalized spacial score (nSPS) is 17.5. The number of hydrogen-bond donors (Lipinski definition) is 0. The van der Waals surface area contributed by atoms with Crippen molar-refractivity contribution in [1.29, 1.82) is 0 Å². The number of cyclic esters (lactones) is 1. The highest BCUT2D eigenvalue weighted by molar-refractivity contribution is 5.97. The van der Waals surface area contributed by atoms with Gasteiger partial charge >= 0.3 is 6.09 Å². The molecule has 0 aliphatic carbocycles. The predicted molar refractivity (Wildman–Crippen MR) is 81.6 cm³/mol. The van der Waals surface area contributed by atoms with Crippen LogP contribution < -0.4 is 9.47 Å². The van der Waals surface area contributed by atoms with E-state index in [0.29, 0.717) is 24.6 Å². The minimum atomic E-state index is -0.605. The Hall–Kier alpha value is -2.77. The van der Waals surface area contributed by atoms with Crippen molar-refractivity contribution in [3.63, 3.8) is 0 Å². The summed E-state index contributed by atoms with van der Waals surface area (Å²) in [6.45, 7) is 1.03. The molecule has 0 saturated carbocycles. The topological polar surface area (TPSA) is 85.4 Å². The number of methoxy groups -OCH3 is 1. The molecule has 2 saturated heterocycles. The molecule has 1 aromatic carbocycles. The van der Waals surface area contributed by atoms with Crippen LogP contribution >= 0.6 is 0 Å². The SMILES string of the molecule is COc1cccc(OCC(=O)N2CC(CN3C(=O)COC3=O)C2)c1. The molecule has 2 aliphatic heterocycles. The van der Waals surface area contributed by atoms with Crippen molar-refractivity contribution >= 4 is 17.9 Å². The van der Waals surface area contributed by atoms with Gasteiger partial charge in [0.2, 0.25) is 0 Å². The van der Waals surface area contributed by atoms with Crippen LogP contribution in [0.5, 0.6) is 11.5 Å². The molecule has 2 heterocycles. The first-order valence-corrected chi connectivity index (χ1v) is 7.58. The molecule has 0 radical (unpaired) electrons.